The molecule has 0 aliphatic heterocycles. The van der Waals surface area contributed by atoms with Crippen LogP contribution in [0.1, 0.15) is 0 Å². The van der Waals surface area contributed by atoms with Crippen molar-refractivity contribution >= 4 is 0 Å². The molecular weight excluding hydrogens is 164 g/mol. The van der Waals surface area contributed by atoms with Crippen LogP contribution in [0.25, 0.3) is 11.4 Å². The Morgan fingerprint density at radius 1 is 1.31 bits per heavy atom. The van der Waals surface area contributed by atoms with Gasteiger partial charge in [0.15, 0.2) is 0 Å². The first kappa shape index (κ1) is 7.56. The highest BCUT2D eigenvalue weighted by Gasteiger charge is 1.99. The predicted octanol–water partition coefficient (Wildman–Crippen LogP) is 1.45. The van der Waals surface area contributed by atoms with Crippen LogP contribution in [0.15, 0.2) is 30.5 Å². The molecule has 0 spiro atoms. The van der Waals surface area contributed by atoms with Crippen molar-refractivity contribution in [3.05, 3.63) is 42.6 Å². The summed E-state index contributed by atoms with van der Waals surface area (Å²) in [6, 6.07) is 12.2. The molecule has 2 aromatic heterocycles. The van der Waals surface area contributed by atoms with Crippen molar-refractivity contribution in [2.75, 3.05) is 0 Å². The third-order valence-electron chi connectivity index (χ3n) is 1.53. The van der Waals surface area contributed by atoms with E-state index in [0.29, 0.717) is 11.4 Å². The molecule has 1 N–H and O–H groups in total. The van der Waals surface area contributed by atoms with Crippen molar-refractivity contribution in [2.24, 2.45) is 0 Å². The lowest BCUT2D eigenvalue weighted by molar-refractivity contribution is 0.454. The van der Waals surface area contributed by atoms with Crippen LogP contribution in [0.4, 0.5) is 0 Å². The molecule has 2 heterocycles. The average Bonchev–Trinajstić information content (AvgIpc) is 2.19. The molecule has 0 aromatic carbocycles. The molecule has 0 aliphatic rings. The van der Waals surface area contributed by atoms with E-state index in [2.05, 4.69) is 22.1 Å². The minimum absolute atomic E-state index is 0.0171. The molecule has 0 aliphatic carbocycles. The molecule has 2 rings (SSSR count). The van der Waals surface area contributed by atoms with Crippen molar-refractivity contribution in [1.82, 2.24) is 9.97 Å². The molecule has 3 heteroatoms. The van der Waals surface area contributed by atoms with Crippen LogP contribution in [0.3, 0.4) is 0 Å². The van der Waals surface area contributed by atoms with Gasteiger partial charge in [-0.1, -0.05) is 12.1 Å². The zero-order chi connectivity index (χ0) is 9.10. The normalized spacial score (nSPS) is 9.23. The SMILES string of the molecule is Oc1cccc(-c2c#cccn2)n1. The fourth-order valence-electron chi connectivity index (χ4n) is 0.977. The summed E-state index contributed by atoms with van der Waals surface area (Å²) in [6.45, 7) is 0. The van der Waals surface area contributed by atoms with Crippen LogP contribution in [0, 0.1) is 12.1 Å². The molecule has 0 unspecified atom stereocenters. The lowest BCUT2D eigenvalue weighted by Gasteiger charge is -1.95. The van der Waals surface area contributed by atoms with Crippen molar-refractivity contribution in [2.45, 2.75) is 0 Å². The molecule has 0 fully saturated rings. The van der Waals surface area contributed by atoms with Crippen molar-refractivity contribution in [3.8, 4) is 17.3 Å². The topological polar surface area (TPSA) is 46.0 Å². The van der Waals surface area contributed by atoms with Gasteiger partial charge >= 0.3 is 0 Å². The number of rotatable bonds is 1. The highest BCUT2D eigenvalue weighted by molar-refractivity contribution is 5.51. The monoisotopic (exact) mass is 170 g/mol. The van der Waals surface area contributed by atoms with Gasteiger partial charge < -0.3 is 5.11 Å². The Kier molecular flexibility index (Phi) is 1.81. The molecule has 0 radical (unpaired) electrons. The van der Waals surface area contributed by atoms with Gasteiger partial charge in [-0.2, -0.15) is 0 Å². The minimum Gasteiger partial charge on any atom is -0.493 e. The van der Waals surface area contributed by atoms with Crippen LogP contribution >= 0.6 is 0 Å². The summed E-state index contributed by atoms with van der Waals surface area (Å²) >= 11 is 0. The Morgan fingerprint density at radius 3 is 2.92 bits per heavy atom. The zero-order valence-electron chi connectivity index (χ0n) is 6.73. The molecular formula is C10H6N2O. The Morgan fingerprint density at radius 2 is 2.23 bits per heavy atom. The Bertz CT molecular complexity index is 401. The maximum atomic E-state index is 9.11. The molecule has 62 valence electrons. The van der Waals surface area contributed by atoms with Crippen LogP contribution in [-0.2, 0) is 0 Å². The lowest BCUT2D eigenvalue weighted by atomic mass is 10.3. The average molecular weight is 170 g/mol. The molecule has 0 saturated carbocycles. The first-order valence-corrected chi connectivity index (χ1v) is 3.77. The van der Waals surface area contributed by atoms with Gasteiger partial charge in [0.25, 0.3) is 0 Å². The summed E-state index contributed by atoms with van der Waals surface area (Å²) in [7, 11) is 0. The first-order chi connectivity index (χ1) is 6.36. The quantitative estimate of drug-likeness (QED) is 0.704. The van der Waals surface area contributed by atoms with Crippen LogP contribution in [-0.4, -0.2) is 15.1 Å². The second-order valence-corrected chi connectivity index (χ2v) is 2.44. The number of pyridine rings is 1. The highest BCUT2D eigenvalue weighted by atomic mass is 16.3. The number of hydrogen-bond acceptors (Lipinski definition) is 3. The maximum Gasteiger partial charge on any atom is 0.211 e. The van der Waals surface area contributed by atoms with Gasteiger partial charge in [-0.15, -0.1) is 0 Å². The van der Waals surface area contributed by atoms with Crippen LogP contribution < -0.4 is 0 Å². The Hall–Kier alpha value is -2.08. The fraction of sp³-hybridized carbons (Fsp3) is 0. The molecule has 0 amide bonds. The van der Waals surface area contributed by atoms with Crippen LogP contribution in [0.2, 0.25) is 0 Å². The largest absolute Gasteiger partial charge is 0.493 e. The Labute approximate surface area is 75.7 Å². The smallest absolute Gasteiger partial charge is 0.211 e. The van der Waals surface area contributed by atoms with E-state index < -0.39 is 0 Å². The standard InChI is InChI=1S/C10H6N2O/c13-10-6-3-5-9(12-10)8-4-1-2-7-11-8/h2-3,5-7H,(H,12,13). The summed E-state index contributed by atoms with van der Waals surface area (Å²) in [5, 5.41) is 9.11. The van der Waals surface area contributed by atoms with Crippen molar-refractivity contribution in [3.63, 3.8) is 0 Å². The van der Waals surface area contributed by atoms with E-state index in [9.17, 15) is 0 Å². The van der Waals surface area contributed by atoms with E-state index in [1.807, 2.05) is 0 Å². The summed E-state index contributed by atoms with van der Waals surface area (Å²) < 4.78 is 0. The third-order valence-corrected chi connectivity index (χ3v) is 1.53. The number of aromatic nitrogens is 2. The van der Waals surface area contributed by atoms with E-state index >= 15 is 0 Å². The minimum atomic E-state index is -0.0171. The van der Waals surface area contributed by atoms with Gasteiger partial charge in [0.05, 0.1) is 0 Å². The van der Waals surface area contributed by atoms with E-state index in [1.54, 1.807) is 24.4 Å². The van der Waals surface area contributed by atoms with Crippen molar-refractivity contribution < 1.29 is 5.11 Å². The van der Waals surface area contributed by atoms with Gasteiger partial charge in [0.1, 0.15) is 11.4 Å². The third kappa shape index (κ3) is 1.57. The first-order valence-electron chi connectivity index (χ1n) is 3.77. The molecule has 13 heavy (non-hydrogen) atoms. The number of nitrogens with zero attached hydrogens (tertiary/aromatic N) is 2. The van der Waals surface area contributed by atoms with E-state index in [4.69, 9.17) is 5.11 Å². The summed E-state index contributed by atoms with van der Waals surface area (Å²) in [6.07, 6.45) is 1.61. The summed E-state index contributed by atoms with van der Waals surface area (Å²) in [5.74, 6) is -0.0171. The maximum absolute atomic E-state index is 9.11. The van der Waals surface area contributed by atoms with E-state index in [0.717, 1.165) is 0 Å². The second-order valence-electron chi connectivity index (χ2n) is 2.44. The van der Waals surface area contributed by atoms with E-state index in [1.165, 1.54) is 6.07 Å². The van der Waals surface area contributed by atoms with Gasteiger partial charge in [-0.3, -0.25) is 0 Å². The molecule has 3 nitrogen and oxygen atoms in total. The van der Waals surface area contributed by atoms with Gasteiger partial charge in [-0.25, -0.2) is 9.97 Å². The van der Waals surface area contributed by atoms with Crippen molar-refractivity contribution in [1.29, 1.82) is 0 Å². The van der Waals surface area contributed by atoms with Gasteiger partial charge in [0, 0.05) is 18.3 Å². The van der Waals surface area contributed by atoms with E-state index in [-0.39, 0.29) is 5.88 Å². The predicted molar refractivity (Wildman–Crippen MR) is 46.8 cm³/mol. The van der Waals surface area contributed by atoms with Gasteiger partial charge in [0.2, 0.25) is 5.88 Å². The fourth-order valence-corrected chi connectivity index (χ4v) is 0.977. The van der Waals surface area contributed by atoms with Gasteiger partial charge in [-0.05, 0) is 12.1 Å². The molecule has 2 aromatic rings. The number of hydrogen-bond donors (Lipinski definition) is 1. The Balaban J connectivity index is 2.48. The lowest BCUT2D eigenvalue weighted by Crippen LogP contribution is -1.84. The molecule has 0 saturated heterocycles. The summed E-state index contributed by atoms with van der Waals surface area (Å²) in [4.78, 5) is 7.91. The molecule has 0 bridgehead atoms. The highest BCUT2D eigenvalue weighted by Crippen LogP contribution is 2.13. The number of aromatic hydroxyl groups is 1. The summed E-state index contributed by atoms with van der Waals surface area (Å²) in [5.41, 5.74) is 1.18. The molecule has 0 atom stereocenters. The van der Waals surface area contributed by atoms with Crippen LogP contribution in [0.5, 0.6) is 5.88 Å². The second kappa shape index (κ2) is 3.11. The zero-order valence-corrected chi connectivity index (χ0v) is 6.73.